The van der Waals surface area contributed by atoms with Gasteiger partial charge in [-0.1, -0.05) is 0 Å². The van der Waals surface area contributed by atoms with Crippen molar-refractivity contribution in [2.45, 2.75) is 12.8 Å². The molecule has 0 spiro atoms. The number of aromatic nitrogens is 2. The van der Waals surface area contributed by atoms with Gasteiger partial charge in [-0.05, 0) is 0 Å². The van der Waals surface area contributed by atoms with Crippen LogP contribution in [0, 0.1) is 0 Å². The van der Waals surface area contributed by atoms with Crippen molar-refractivity contribution in [2.75, 3.05) is 18.9 Å². The van der Waals surface area contributed by atoms with Crippen LogP contribution in [-0.2, 0) is 17.6 Å². The molecule has 5 heteroatoms. The highest BCUT2D eigenvalue weighted by molar-refractivity contribution is 5.41. The van der Waals surface area contributed by atoms with Crippen LogP contribution in [0.15, 0.2) is 4.79 Å². The lowest BCUT2D eigenvalue weighted by atomic mass is 10.1. The minimum Gasteiger partial charge on any atom is -0.383 e. The molecule has 0 fully saturated rings. The number of rotatable bonds is 0. The Balaban J connectivity index is 2.53. The average Bonchev–Trinajstić information content (AvgIpc) is 2.28. The number of hydrogen-bond donors (Lipinski definition) is 2. The highest BCUT2D eigenvalue weighted by Gasteiger charge is 2.12. The molecular weight excluding hydrogens is 170 g/mol. The predicted octanol–water partition coefficient (Wildman–Crippen LogP) is -0.533. The molecule has 0 saturated heterocycles. The van der Waals surface area contributed by atoms with E-state index in [4.69, 9.17) is 10.5 Å². The van der Waals surface area contributed by atoms with Crippen LogP contribution in [0.4, 0.5) is 5.82 Å². The second kappa shape index (κ2) is 3.18. The van der Waals surface area contributed by atoms with Crippen molar-refractivity contribution in [1.82, 2.24) is 9.97 Å². The Morgan fingerprint density at radius 1 is 1.38 bits per heavy atom. The summed E-state index contributed by atoms with van der Waals surface area (Å²) in [7, 11) is 0. The normalized spacial score (nSPS) is 16.3. The molecule has 0 saturated carbocycles. The fraction of sp³-hybridized carbons (Fsp3) is 0.500. The standard InChI is InChI=1S/C8H11N3O2/c9-7-5-1-3-13-4-2-6(5)10-8(12)11-7/h1-4H2,(H3,9,10,11,12). The Labute approximate surface area is 74.9 Å². The Morgan fingerprint density at radius 3 is 3.00 bits per heavy atom. The summed E-state index contributed by atoms with van der Waals surface area (Å²) in [5.41, 5.74) is 7.05. The van der Waals surface area contributed by atoms with Gasteiger partial charge in [-0.25, -0.2) is 4.79 Å². The van der Waals surface area contributed by atoms with E-state index in [1.54, 1.807) is 0 Å². The van der Waals surface area contributed by atoms with Crippen molar-refractivity contribution in [3.05, 3.63) is 21.7 Å². The molecule has 1 aromatic heterocycles. The van der Waals surface area contributed by atoms with E-state index in [2.05, 4.69) is 9.97 Å². The lowest BCUT2D eigenvalue weighted by Crippen LogP contribution is -2.18. The van der Waals surface area contributed by atoms with Crippen LogP contribution in [0.1, 0.15) is 11.3 Å². The first-order chi connectivity index (χ1) is 6.27. The van der Waals surface area contributed by atoms with Gasteiger partial charge in [-0.2, -0.15) is 4.98 Å². The maximum absolute atomic E-state index is 11.0. The van der Waals surface area contributed by atoms with Crippen LogP contribution >= 0.6 is 0 Å². The molecule has 2 heterocycles. The molecule has 0 radical (unpaired) electrons. The maximum Gasteiger partial charge on any atom is 0.347 e. The number of hydrogen-bond acceptors (Lipinski definition) is 4. The van der Waals surface area contributed by atoms with E-state index < -0.39 is 0 Å². The summed E-state index contributed by atoms with van der Waals surface area (Å²) < 4.78 is 5.27. The summed E-state index contributed by atoms with van der Waals surface area (Å²) in [5, 5.41) is 0. The van der Waals surface area contributed by atoms with E-state index in [-0.39, 0.29) is 5.69 Å². The number of anilines is 1. The monoisotopic (exact) mass is 181 g/mol. The minimum absolute atomic E-state index is 0.337. The SMILES string of the molecule is Nc1nc(=O)[nH]c2c1CCOCC2. The molecule has 0 amide bonds. The molecule has 2 rings (SSSR count). The third-order valence-corrected chi connectivity index (χ3v) is 2.15. The van der Waals surface area contributed by atoms with E-state index >= 15 is 0 Å². The first kappa shape index (κ1) is 8.25. The number of nitrogens with zero attached hydrogens (tertiary/aromatic N) is 1. The van der Waals surface area contributed by atoms with E-state index in [9.17, 15) is 4.79 Å². The molecule has 70 valence electrons. The van der Waals surface area contributed by atoms with E-state index in [1.165, 1.54) is 0 Å². The number of fused-ring (bicyclic) bond motifs is 1. The van der Waals surface area contributed by atoms with E-state index in [1.807, 2.05) is 0 Å². The first-order valence-electron chi connectivity index (χ1n) is 4.22. The van der Waals surface area contributed by atoms with Gasteiger partial charge < -0.3 is 15.5 Å². The summed E-state index contributed by atoms with van der Waals surface area (Å²) in [4.78, 5) is 17.3. The van der Waals surface area contributed by atoms with Crippen LogP contribution < -0.4 is 11.4 Å². The molecule has 1 aliphatic heterocycles. The molecule has 13 heavy (non-hydrogen) atoms. The molecule has 0 bridgehead atoms. The minimum atomic E-state index is -0.377. The fourth-order valence-electron chi connectivity index (χ4n) is 1.51. The van der Waals surface area contributed by atoms with Gasteiger partial charge in [0.2, 0.25) is 0 Å². The number of ether oxygens (including phenoxy) is 1. The Kier molecular flexibility index (Phi) is 2.02. The average molecular weight is 181 g/mol. The van der Waals surface area contributed by atoms with Gasteiger partial charge in [-0.3, -0.25) is 0 Å². The van der Waals surface area contributed by atoms with Crippen molar-refractivity contribution < 1.29 is 4.74 Å². The first-order valence-corrected chi connectivity index (χ1v) is 4.22. The zero-order valence-electron chi connectivity index (χ0n) is 7.17. The smallest absolute Gasteiger partial charge is 0.347 e. The number of nitrogens with two attached hydrogens (primary N) is 1. The van der Waals surface area contributed by atoms with Gasteiger partial charge in [-0.15, -0.1) is 0 Å². The molecule has 1 aromatic rings. The van der Waals surface area contributed by atoms with Gasteiger partial charge in [0.05, 0.1) is 13.2 Å². The van der Waals surface area contributed by atoms with Crippen molar-refractivity contribution in [3.63, 3.8) is 0 Å². The summed E-state index contributed by atoms with van der Waals surface area (Å²) >= 11 is 0. The third kappa shape index (κ3) is 1.55. The van der Waals surface area contributed by atoms with Crippen molar-refractivity contribution in [3.8, 4) is 0 Å². The lowest BCUT2D eigenvalue weighted by molar-refractivity contribution is 0.146. The zero-order chi connectivity index (χ0) is 9.26. The summed E-state index contributed by atoms with van der Waals surface area (Å²) in [6.07, 6.45) is 1.43. The van der Waals surface area contributed by atoms with Crippen molar-refractivity contribution in [2.24, 2.45) is 0 Å². The molecule has 0 aromatic carbocycles. The summed E-state index contributed by atoms with van der Waals surface area (Å²) in [6, 6.07) is 0. The molecule has 5 nitrogen and oxygen atoms in total. The van der Waals surface area contributed by atoms with Crippen LogP contribution in [0.25, 0.3) is 0 Å². The summed E-state index contributed by atoms with van der Waals surface area (Å²) in [5.74, 6) is 0.337. The van der Waals surface area contributed by atoms with Crippen LogP contribution in [0.3, 0.4) is 0 Å². The van der Waals surface area contributed by atoms with E-state index in [0.717, 1.165) is 17.7 Å². The van der Waals surface area contributed by atoms with E-state index in [0.29, 0.717) is 25.5 Å². The molecule has 0 unspecified atom stereocenters. The van der Waals surface area contributed by atoms with Crippen LogP contribution in [0.5, 0.6) is 0 Å². The second-order valence-electron chi connectivity index (χ2n) is 3.00. The topological polar surface area (TPSA) is 81.0 Å². The quantitative estimate of drug-likeness (QED) is 0.563. The molecule has 0 aliphatic carbocycles. The van der Waals surface area contributed by atoms with Crippen LogP contribution in [0.2, 0.25) is 0 Å². The third-order valence-electron chi connectivity index (χ3n) is 2.15. The van der Waals surface area contributed by atoms with Crippen LogP contribution in [-0.4, -0.2) is 23.2 Å². The molecular formula is C8H11N3O2. The lowest BCUT2D eigenvalue weighted by Gasteiger charge is -2.05. The maximum atomic E-state index is 11.0. The number of nitrogen functional groups attached to an aromatic ring is 1. The van der Waals surface area contributed by atoms with Gasteiger partial charge in [0, 0.05) is 24.1 Å². The molecule has 1 aliphatic rings. The Bertz CT molecular complexity index is 372. The van der Waals surface area contributed by atoms with Gasteiger partial charge >= 0.3 is 5.69 Å². The van der Waals surface area contributed by atoms with Gasteiger partial charge in [0.1, 0.15) is 5.82 Å². The number of H-pyrrole nitrogens is 1. The number of nitrogens with one attached hydrogen (secondary N) is 1. The van der Waals surface area contributed by atoms with Crippen molar-refractivity contribution >= 4 is 5.82 Å². The van der Waals surface area contributed by atoms with Gasteiger partial charge in [0.15, 0.2) is 0 Å². The predicted molar refractivity (Wildman–Crippen MR) is 47.5 cm³/mol. The Morgan fingerprint density at radius 2 is 2.15 bits per heavy atom. The van der Waals surface area contributed by atoms with Gasteiger partial charge in [0.25, 0.3) is 0 Å². The summed E-state index contributed by atoms with van der Waals surface area (Å²) in [6.45, 7) is 1.28. The molecule has 3 N–H and O–H groups in total. The number of aromatic amines is 1. The largest absolute Gasteiger partial charge is 0.383 e. The second-order valence-corrected chi connectivity index (χ2v) is 3.00. The highest BCUT2D eigenvalue weighted by atomic mass is 16.5. The fourth-order valence-corrected chi connectivity index (χ4v) is 1.51. The Hall–Kier alpha value is -1.36. The zero-order valence-corrected chi connectivity index (χ0v) is 7.17. The van der Waals surface area contributed by atoms with Crippen molar-refractivity contribution in [1.29, 1.82) is 0 Å². The molecule has 0 atom stereocenters. The highest BCUT2D eigenvalue weighted by Crippen LogP contribution is 2.14.